The Balaban J connectivity index is 3.74. The molecule has 0 unspecified atom stereocenters. The van der Waals surface area contributed by atoms with Crippen LogP contribution in [0.15, 0.2) is 0 Å². The van der Waals surface area contributed by atoms with Crippen molar-refractivity contribution < 1.29 is 19.8 Å². The van der Waals surface area contributed by atoms with Crippen LogP contribution in [-0.2, 0) is 9.59 Å². The number of aliphatic carboxylic acids is 2. The fourth-order valence-electron chi connectivity index (χ4n) is 1.34. The predicted octanol–water partition coefficient (Wildman–Crippen LogP) is 2.13. The first-order valence-electron chi connectivity index (χ1n) is 5.02. The predicted molar refractivity (Wildman–Crippen MR) is 52.1 cm³/mol. The molecule has 1 atom stereocenters. The molecule has 0 spiro atoms. The maximum atomic E-state index is 10.6. The van der Waals surface area contributed by atoms with E-state index in [4.69, 9.17) is 10.2 Å². The highest BCUT2D eigenvalue weighted by molar-refractivity contribution is 5.77. The fourth-order valence-corrected chi connectivity index (χ4v) is 1.34. The van der Waals surface area contributed by atoms with E-state index >= 15 is 0 Å². The third-order valence-electron chi connectivity index (χ3n) is 2.18. The zero-order valence-electron chi connectivity index (χ0n) is 8.53. The second kappa shape index (κ2) is 7.35. The normalized spacial score (nSPS) is 12.4. The van der Waals surface area contributed by atoms with Gasteiger partial charge in [0.1, 0.15) is 0 Å². The minimum atomic E-state index is -1.03. The Kier molecular flexibility index (Phi) is 6.80. The lowest BCUT2D eigenvalue weighted by molar-refractivity contribution is -0.148. The van der Waals surface area contributed by atoms with E-state index in [2.05, 4.69) is 6.92 Å². The summed E-state index contributed by atoms with van der Waals surface area (Å²) in [7, 11) is 0. The van der Waals surface area contributed by atoms with Crippen molar-refractivity contribution in [1.29, 1.82) is 0 Å². The Morgan fingerprint density at radius 3 is 2.21 bits per heavy atom. The van der Waals surface area contributed by atoms with Gasteiger partial charge in [-0.25, -0.2) is 0 Å². The Hall–Kier alpha value is -1.06. The van der Waals surface area contributed by atoms with Crippen LogP contribution >= 0.6 is 0 Å². The third-order valence-corrected chi connectivity index (χ3v) is 2.18. The molecule has 0 heterocycles. The highest BCUT2D eigenvalue weighted by Gasteiger charge is 2.19. The zero-order chi connectivity index (χ0) is 11.0. The molecular weight excluding hydrogens is 184 g/mol. The summed E-state index contributed by atoms with van der Waals surface area (Å²) in [5.74, 6) is -2.75. The molecule has 0 aliphatic rings. The van der Waals surface area contributed by atoms with E-state index in [1.54, 1.807) is 0 Å². The second-order valence-corrected chi connectivity index (χ2v) is 3.48. The SMILES string of the molecule is CCCCCC[C@H](CC(=O)O)C(=O)O. The van der Waals surface area contributed by atoms with Gasteiger partial charge in [-0.1, -0.05) is 32.6 Å². The summed E-state index contributed by atoms with van der Waals surface area (Å²) in [5.41, 5.74) is 0. The molecule has 0 saturated heterocycles. The molecule has 0 rings (SSSR count). The maximum absolute atomic E-state index is 10.6. The van der Waals surface area contributed by atoms with Gasteiger partial charge in [-0.2, -0.15) is 0 Å². The van der Waals surface area contributed by atoms with Gasteiger partial charge in [-0.3, -0.25) is 9.59 Å². The lowest BCUT2D eigenvalue weighted by atomic mass is 9.98. The van der Waals surface area contributed by atoms with Gasteiger partial charge in [0.15, 0.2) is 0 Å². The summed E-state index contributed by atoms with van der Waals surface area (Å²) in [4.78, 5) is 21.0. The highest BCUT2D eigenvalue weighted by atomic mass is 16.4. The number of unbranched alkanes of at least 4 members (excludes halogenated alkanes) is 3. The number of hydrogen-bond acceptors (Lipinski definition) is 2. The van der Waals surface area contributed by atoms with Gasteiger partial charge in [0.05, 0.1) is 12.3 Å². The van der Waals surface area contributed by atoms with Crippen LogP contribution in [0.25, 0.3) is 0 Å². The molecule has 0 fully saturated rings. The second-order valence-electron chi connectivity index (χ2n) is 3.48. The van der Waals surface area contributed by atoms with Crippen molar-refractivity contribution in [3.63, 3.8) is 0 Å². The molecule has 0 bridgehead atoms. The highest BCUT2D eigenvalue weighted by Crippen LogP contribution is 2.14. The van der Waals surface area contributed by atoms with Crippen molar-refractivity contribution in [3.05, 3.63) is 0 Å². The van der Waals surface area contributed by atoms with Crippen molar-refractivity contribution in [2.75, 3.05) is 0 Å². The average molecular weight is 202 g/mol. The van der Waals surface area contributed by atoms with E-state index in [-0.39, 0.29) is 6.42 Å². The van der Waals surface area contributed by atoms with Crippen LogP contribution < -0.4 is 0 Å². The Morgan fingerprint density at radius 1 is 1.14 bits per heavy atom. The smallest absolute Gasteiger partial charge is 0.307 e. The largest absolute Gasteiger partial charge is 0.481 e. The summed E-state index contributed by atoms with van der Waals surface area (Å²) < 4.78 is 0. The summed E-state index contributed by atoms with van der Waals surface area (Å²) >= 11 is 0. The lowest BCUT2D eigenvalue weighted by Crippen LogP contribution is -2.17. The van der Waals surface area contributed by atoms with E-state index in [1.165, 1.54) is 0 Å². The lowest BCUT2D eigenvalue weighted by Gasteiger charge is -2.08. The molecule has 0 radical (unpaired) electrons. The first-order chi connectivity index (χ1) is 6.57. The van der Waals surface area contributed by atoms with Gasteiger partial charge in [0, 0.05) is 0 Å². The molecule has 2 N–H and O–H groups in total. The molecule has 14 heavy (non-hydrogen) atoms. The van der Waals surface area contributed by atoms with Crippen LogP contribution in [0, 0.1) is 5.92 Å². The molecule has 82 valence electrons. The van der Waals surface area contributed by atoms with E-state index in [0.29, 0.717) is 6.42 Å². The quantitative estimate of drug-likeness (QED) is 0.591. The fraction of sp³-hybridized carbons (Fsp3) is 0.800. The Morgan fingerprint density at radius 2 is 1.79 bits per heavy atom. The van der Waals surface area contributed by atoms with Crippen molar-refractivity contribution >= 4 is 11.9 Å². The molecule has 0 aromatic heterocycles. The number of rotatable bonds is 8. The molecule has 4 heteroatoms. The average Bonchev–Trinajstić information content (AvgIpc) is 2.09. The van der Waals surface area contributed by atoms with Gasteiger partial charge in [-0.15, -0.1) is 0 Å². The van der Waals surface area contributed by atoms with Crippen LogP contribution in [-0.4, -0.2) is 22.2 Å². The van der Waals surface area contributed by atoms with Gasteiger partial charge in [0.2, 0.25) is 0 Å². The van der Waals surface area contributed by atoms with E-state index < -0.39 is 17.9 Å². The standard InChI is InChI=1S/C10H18O4/c1-2-3-4-5-6-8(10(13)14)7-9(11)12/h8H,2-7H2,1H3,(H,11,12)(H,13,14)/t8-/m1/s1. The molecule has 0 aliphatic heterocycles. The Bertz CT molecular complexity index is 189. The van der Waals surface area contributed by atoms with Crippen LogP contribution in [0.4, 0.5) is 0 Å². The van der Waals surface area contributed by atoms with Gasteiger partial charge < -0.3 is 10.2 Å². The number of carboxylic acid groups (broad SMARTS) is 2. The molecular formula is C10H18O4. The van der Waals surface area contributed by atoms with E-state index in [1.807, 2.05) is 0 Å². The molecule has 0 aromatic rings. The minimum absolute atomic E-state index is 0.262. The first-order valence-corrected chi connectivity index (χ1v) is 5.02. The maximum Gasteiger partial charge on any atom is 0.307 e. The molecule has 4 nitrogen and oxygen atoms in total. The number of carboxylic acids is 2. The summed E-state index contributed by atoms with van der Waals surface area (Å²) in [6, 6.07) is 0. The summed E-state index contributed by atoms with van der Waals surface area (Å²) in [5, 5.41) is 17.2. The molecule has 0 saturated carbocycles. The van der Waals surface area contributed by atoms with Crippen LogP contribution in [0.1, 0.15) is 45.4 Å². The van der Waals surface area contributed by atoms with Crippen molar-refractivity contribution in [2.24, 2.45) is 5.92 Å². The summed E-state index contributed by atoms with van der Waals surface area (Å²) in [6.07, 6.45) is 4.18. The van der Waals surface area contributed by atoms with Crippen LogP contribution in [0.3, 0.4) is 0 Å². The summed E-state index contributed by atoms with van der Waals surface area (Å²) in [6.45, 7) is 2.08. The van der Waals surface area contributed by atoms with Gasteiger partial charge in [0.25, 0.3) is 0 Å². The van der Waals surface area contributed by atoms with Crippen LogP contribution in [0.2, 0.25) is 0 Å². The van der Waals surface area contributed by atoms with Crippen molar-refractivity contribution in [1.82, 2.24) is 0 Å². The monoisotopic (exact) mass is 202 g/mol. The molecule has 0 aliphatic carbocycles. The topological polar surface area (TPSA) is 74.6 Å². The van der Waals surface area contributed by atoms with E-state index in [9.17, 15) is 9.59 Å². The Labute approximate surface area is 83.9 Å². The first kappa shape index (κ1) is 12.9. The van der Waals surface area contributed by atoms with Crippen molar-refractivity contribution in [3.8, 4) is 0 Å². The van der Waals surface area contributed by atoms with Gasteiger partial charge >= 0.3 is 11.9 Å². The van der Waals surface area contributed by atoms with Crippen LogP contribution in [0.5, 0.6) is 0 Å². The minimum Gasteiger partial charge on any atom is -0.481 e. The number of hydrogen-bond donors (Lipinski definition) is 2. The number of carbonyl (C=O) groups is 2. The zero-order valence-corrected chi connectivity index (χ0v) is 8.53. The van der Waals surface area contributed by atoms with Crippen molar-refractivity contribution in [2.45, 2.75) is 45.4 Å². The molecule has 0 aromatic carbocycles. The molecule has 0 amide bonds. The van der Waals surface area contributed by atoms with Gasteiger partial charge in [-0.05, 0) is 6.42 Å². The van der Waals surface area contributed by atoms with E-state index in [0.717, 1.165) is 25.7 Å². The third kappa shape index (κ3) is 6.46.